The van der Waals surface area contributed by atoms with Crippen LogP contribution < -0.4 is 5.73 Å². The lowest BCUT2D eigenvalue weighted by Crippen LogP contribution is -2.39. The molecule has 0 aliphatic carbocycles. The number of nitrogens with two attached hydrogens (primary N) is 1. The third kappa shape index (κ3) is 4.74. The Bertz CT molecular complexity index is 1480. The summed E-state index contributed by atoms with van der Waals surface area (Å²) >= 11 is 0. The van der Waals surface area contributed by atoms with Crippen LogP contribution in [0.15, 0.2) is 109 Å². The molecule has 4 aromatic carbocycles. The number of imidazole rings is 1. The van der Waals surface area contributed by atoms with Crippen LogP contribution in [0.2, 0.25) is 0 Å². The van der Waals surface area contributed by atoms with E-state index >= 15 is 0 Å². The normalized spacial score (nSPS) is 21.8. The van der Waals surface area contributed by atoms with Crippen molar-refractivity contribution in [2.45, 2.75) is 37.6 Å². The fourth-order valence-corrected chi connectivity index (χ4v) is 5.22. The molecule has 1 aromatic heterocycles. The molecule has 4 atom stereocenters. The number of para-hydroxylation sites is 2. The van der Waals surface area contributed by atoms with E-state index in [0.717, 1.165) is 33.3 Å². The minimum Gasteiger partial charge on any atom is -0.399 e. The molecule has 37 heavy (non-hydrogen) atoms. The average Bonchev–Trinajstić information content (AvgIpc) is 3.36. The summed E-state index contributed by atoms with van der Waals surface area (Å²) in [6.45, 7) is 0.604. The molecule has 6 rings (SSSR count). The Balaban J connectivity index is 1.46. The van der Waals surface area contributed by atoms with Crippen LogP contribution in [0.25, 0.3) is 11.0 Å². The van der Waals surface area contributed by atoms with E-state index in [4.69, 9.17) is 15.2 Å². The number of aliphatic hydroxyl groups excluding tert-OH is 1. The van der Waals surface area contributed by atoms with Crippen LogP contribution in [0, 0.1) is 0 Å². The molecule has 0 radical (unpaired) electrons. The monoisotopic (exact) mass is 491 g/mol. The van der Waals surface area contributed by atoms with Crippen molar-refractivity contribution < 1.29 is 14.6 Å². The molecule has 1 aliphatic heterocycles. The molecular formula is C31H29N3O3. The van der Waals surface area contributed by atoms with Gasteiger partial charge in [0.15, 0.2) is 6.29 Å². The molecule has 0 spiro atoms. The number of nitrogens with zero attached hydrogens (tertiary/aromatic N) is 2. The predicted octanol–water partition coefficient (Wildman–Crippen LogP) is 5.75. The first-order valence-corrected chi connectivity index (χ1v) is 12.5. The molecule has 186 valence electrons. The summed E-state index contributed by atoms with van der Waals surface area (Å²) in [6, 6.07) is 34.2. The minimum absolute atomic E-state index is 0.000720. The maximum Gasteiger partial charge on any atom is 0.185 e. The number of aromatic nitrogens is 2. The molecule has 5 aromatic rings. The lowest BCUT2D eigenvalue weighted by atomic mass is 9.83. The SMILES string of the molecule is Nc1cccc(C2O[C@H](Cn3cnc4ccccc43)[C@@H](c3ccccc3)[C@H](c3ccc(CO)cc3)O2)c1. The van der Waals surface area contributed by atoms with Crippen LogP contribution in [-0.2, 0) is 22.6 Å². The van der Waals surface area contributed by atoms with Gasteiger partial charge in [-0.15, -0.1) is 0 Å². The molecule has 3 N–H and O–H groups in total. The van der Waals surface area contributed by atoms with Gasteiger partial charge in [-0.1, -0.05) is 78.9 Å². The maximum atomic E-state index is 9.59. The molecule has 6 heteroatoms. The Morgan fingerprint density at radius 3 is 2.32 bits per heavy atom. The number of fused-ring (bicyclic) bond motifs is 1. The van der Waals surface area contributed by atoms with Gasteiger partial charge in [0.1, 0.15) is 0 Å². The zero-order chi connectivity index (χ0) is 25.2. The zero-order valence-electron chi connectivity index (χ0n) is 20.4. The van der Waals surface area contributed by atoms with E-state index in [1.54, 1.807) is 0 Å². The first kappa shape index (κ1) is 23.4. The van der Waals surface area contributed by atoms with Gasteiger partial charge in [-0.25, -0.2) is 4.98 Å². The molecule has 0 saturated carbocycles. The summed E-state index contributed by atoms with van der Waals surface area (Å²) < 4.78 is 15.6. The van der Waals surface area contributed by atoms with Gasteiger partial charge in [-0.3, -0.25) is 0 Å². The average molecular weight is 492 g/mol. The van der Waals surface area contributed by atoms with Gasteiger partial charge in [-0.2, -0.15) is 0 Å². The highest BCUT2D eigenvalue weighted by Gasteiger charge is 2.42. The van der Waals surface area contributed by atoms with Crippen molar-refractivity contribution in [3.63, 3.8) is 0 Å². The molecule has 0 bridgehead atoms. The zero-order valence-corrected chi connectivity index (χ0v) is 20.4. The van der Waals surface area contributed by atoms with Crippen LogP contribution >= 0.6 is 0 Å². The summed E-state index contributed by atoms with van der Waals surface area (Å²) in [5.41, 5.74) is 12.7. The number of rotatable bonds is 6. The maximum absolute atomic E-state index is 9.59. The number of benzene rings is 4. The van der Waals surface area contributed by atoms with E-state index in [2.05, 4.69) is 39.9 Å². The lowest BCUT2D eigenvalue weighted by molar-refractivity contribution is -0.263. The third-order valence-electron chi connectivity index (χ3n) is 7.06. The van der Waals surface area contributed by atoms with E-state index in [-0.39, 0.29) is 24.7 Å². The summed E-state index contributed by atoms with van der Waals surface area (Å²) in [5.74, 6) is -0.0837. The van der Waals surface area contributed by atoms with Gasteiger partial charge in [0.25, 0.3) is 0 Å². The summed E-state index contributed by atoms with van der Waals surface area (Å²) in [6.07, 6.45) is 0.787. The number of hydrogen-bond acceptors (Lipinski definition) is 5. The molecule has 0 amide bonds. The van der Waals surface area contributed by atoms with E-state index in [1.165, 1.54) is 0 Å². The van der Waals surface area contributed by atoms with E-state index in [1.807, 2.05) is 79.1 Å². The highest BCUT2D eigenvalue weighted by molar-refractivity contribution is 5.74. The van der Waals surface area contributed by atoms with Crippen molar-refractivity contribution in [2.75, 3.05) is 5.73 Å². The van der Waals surface area contributed by atoms with Gasteiger partial charge in [0, 0.05) is 17.2 Å². The fraction of sp³-hybridized carbons (Fsp3) is 0.194. The van der Waals surface area contributed by atoms with E-state index < -0.39 is 6.29 Å². The Kier molecular flexibility index (Phi) is 6.45. The first-order chi connectivity index (χ1) is 18.2. The minimum atomic E-state index is -0.592. The summed E-state index contributed by atoms with van der Waals surface area (Å²) in [4.78, 5) is 4.60. The fourth-order valence-electron chi connectivity index (χ4n) is 5.22. The quantitative estimate of drug-likeness (QED) is 0.296. The van der Waals surface area contributed by atoms with Crippen LogP contribution in [0.4, 0.5) is 5.69 Å². The second kappa shape index (κ2) is 10.2. The number of aliphatic hydroxyl groups is 1. The highest BCUT2D eigenvalue weighted by atomic mass is 16.7. The third-order valence-corrected chi connectivity index (χ3v) is 7.06. The molecule has 6 nitrogen and oxygen atoms in total. The second-order valence-electron chi connectivity index (χ2n) is 9.46. The van der Waals surface area contributed by atoms with Crippen molar-refractivity contribution in [3.05, 3.63) is 132 Å². The van der Waals surface area contributed by atoms with Crippen LogP contribution in [0.3, 0.4) is 0 Å². The van der Waals surface area contributed by atoms with Crippen LogP contribution in [0.5, 0.6) is 0 Å². The number of hydrogen-bond donors (Lipinski definition) is 2. The second-order valence-corrected chi connectivity index (χ2v) is 9.46. The number of nitrogen functional groups attached to an aromatic ring is 1. The van der Waals surface area contributed by atoms with Crippen LogP contribution in [-0.4, -0.2) is 20.8 Å². The van der Waals surface area contributed by atoms with Gasteiger partial charge in [0.05, 0.1) is 42.7 Å². The van der Waals surface area contributed by atoms with Crippen molar-refractivity contribution in [2.24, 2.45) is 0 Å². The molecule has 1 unspecified atom stereocenters. The molecule has 2 heterocycles. The van der Waals surface area contributed by atoms with E-state index in [0.29, 0.717) is 12.2 Å². The standard InChI is InChI=1S/C31H29N3O3/c32-25-10-6-9-24(17-25)31-36-28(18-34-20-33-26-11-4-5-12-27(26)34)29(22-7-2-1-3-8-22)30(37-31)23-15-13-21(19-35)14-16-23/h1-17,20,28-31,35H,18-19,32H2/t28-,29-,30+,31?/m1/s1. The van der Waals surface area contributed by atoms with Gasteiger partial charge in [0.2, 0.25) is 0 Å². The summed E-state index contributed by atoms with van der Waals surface area (Å²) in [7, 11) is 0. The van der Waals surface area contributed by atoms with Crippen molar-refractivity contribution in [1.29, 1.82) is 0 Å². The molecule has 1 aliphatic rings. The number of anilines is 1. The largest absolute Gasteiger partial charge is 0.399 e. The highest BCUT2D eigenvalue weighted by Crippen LogP contribution is 2.47. The molecule has 1 saturated heterocycles. The molecule has 1 fully saturated rings. The smallest absolute Gasteiger partial charge is 0.185 e. The summed E-state index contributed by atoms with van der Waals surface area (Å²) in [5, 5.41) is 9.59. The van der Waals surface area contributed by atoms with Gasteiger partial charge >= 0.3 is 0 Å². The van der Waals surface area contributed by atoms with Crippen LogP contribution in [0.1, 0.15) is 40.6 Å². The molecular weight excluding hydrogens is 462 g/mol. The van der Waals surface area contributed by atoms with Crippen molar-refractivity contribution >= 4 is 16.7 Å². The lowest BCUT2D eigenvalue weighted by Gasteiger charge is -2.43. The first-order valence-electron chi connectivity index (χ1n) is 12.5. The van der Waals surface area contributed by atoms with E-state index in [9.17, 15) is 5.11 Å². The Morgan fingerprint density at radius 1 is 0.784 bits per heavy atom. The topological polar surface area (TPSA) is 82.5 Å². The van der Waals surface area contributed by atoms with Crippen molar-refractivity contribution in [3.8, 4) is 0 Å². The van der Waals surface area contributed by atoms with Gasteiger partial charge in [-0.05, 0) is 41.0 Å². The van der Waals surface area contributed by atoms with Gasteiger partial charge < -0.3 is 24.9 Å². The number of ether oxygens (including phenoxy) is 2. The van der Waals surface area contributed by atoms with Crippen molar-refractivity contribution in [1.82, 2.24) is 9.55 Å². The Hall–Kier alpha value is -3.97. The Morgan fingerprint density at radius 2 is 1.54 bits per heavy atom. The Labute approximate surface area is 215 Å². The predicted molar refractivity (Wildman–Crippen MR) is 144 cm³/mol.